The fourth-order valence-electron chi connectivity index (χ4n) is 11.8. The van der Waals surface area contributed by atoms with Crippen LogP contribution in [-0.2, 0) is 28.4 Å². The fraction of sp³-hybridized carbons (Fsp3) is 0.946. The van der Waals surface area contributed by atoms with Crippen LogP contribution in [0.25, 0.3) is 0 Å². The summed E-state index contributed by atoms with van der Waals surface area (Å²) in [6, 6.07) is 0. The quantitative estimate of drug-likeness (QED) is 0.365. The van der Waals surface area contributed by atoms with E-state index in [0.29, 0.717) is 42.8 Å². The Kier molecular flexibility index (Phi) is 8.09. The molecule has 0 radical (unpaired) electrons. The minimum absolute atomic E-state index is 0.0852. The number of hydrogen-bond acceptors (Lipinski definition) is 7. The van der Waals surface area contributed by atoms with Gasteiger partial charge in [0.05, 0.1) is 25.4 Å². The third-order valence-corrected chi connectivity index (χ3v) is 13.6. The molecule has 3 heterocycles. The molecule has 7 rings (SSSR count). The monoisotopic (exact) mass is 614 g/mol. The molecule has 7 nitrogen and oxygen atoms in total. The van der Waals surface area contributed by atoms with Crippen LogP contribution in [-0.4, -0.2) is 66.7 Å². The smallest absolute Gasteiger partial charge is 0.172 e. The molecule has 0 aromatic rings. The third kappa shape index (κ3) is 5.31. The van der Waals surface area contributed by atoms with E-state index >= 15 is 0 Å². The van der Waals surface area contributed by atoms with Gasteiger partial charge in [0.15, 0.2) is 17.9 Å². The highest BCUT2D eigenvalue weighted by atomic mass is 16.8. The number of rotatable bonds is 4. The van der Waals surface area contributed by atoms with Crippen molar-refractivity contribution in [2.75, 3.05) is 19.8 Å². The molecule has 12 atom stereocenters. The summed E-state index contributed by atoms with van der Waals surface area (Å²) in [7, 11) is 0. The fourth-order valence-corrected chi connectivity index (χ4v) is 11.8. The molecule has 7 heteroatoms. The molecule has 4 saturated carbocycles. The van der Waals surface area contributed by atoms with Gasteiger partial charge in [-0.3, -0.25) is 0 Å². The van der Waals surface area contributed by atoms with Crippen LogP contribution >= 0.6 is 0 Å². The second-order valence-electron chi connectivity index (χ2n) is 17.0. The van der Waals surface area contributed by atoms with Gasteiger partial charge in [0.1, 0.15) is 11.7 Å². The minimum atomic E-state index is -0.678. The Bertz CT molecular complexity index is 1130. The summed E-state index contributed by atoms with van der Waals surface area (Å²) in [4.78, 5) is 0. The maximum atomic E-state index is 11.5. The van der Waals surface area contributed by atoms with Crippen molar-refractivity contribution in [2.45, 2.75) is 154 Å². The highest BCUT2D eigenvalue weighted by molar-refractivity contribution is 5.19. The number of ether oxygens (including phenoxy) is 6. The molecule has 44 heavy (non-hydrogen) atoms. The van der Waals surface area contributed by atoms with Crippen LogP contribution in [0.1, 0.15) is 113 Å². The topological polar surface area (TPSA) is 75.6 Å². The molecule has 4 aliphatic carbocycles. The molecule has 0 amide bonds. The van der Waals surface area contributed by atoms with Crippen molar-refractivity contribution in [3.8, 4) is 11.8 Å². The van der Waals surface area contributed by atoms with Gasteiger partial charge in [-0.1, -0.05) is 32.6 Å². The lowest BCUT2D eigenvalue weighted by atomic mass is 9.42. The van der Waals surface area contributed by atoms with Crippen LogP contribution in [0.2, 0.25) is 0 Å². The molecule has 2 unspecified atom stereocenters. The van der Waals surface area contributed by atoms with E-state index in [4.69, 9.17) is 28.4 Å². The normalized spacial score (nSPS) is 47.1. The molecule has 0 aromatic heterocycles. The highest BCUT2D eigenvalue weighted by Crippen LogP contribution is 2.71. The van der Waals surface area contributed by atoms with Gasteiger partial charge in [-0.15, -0.1) is 0 Å². The first-order chi connectivity index (χ1) is 20.8. The first kappa shape index (κ1) is 31.9. The second-order valence-corrected chi connectivity index (χ2v) is 17.0. The molecule has 7 fully saturated rings. The lowest BCUT2D eigenvalue weighted by molar-refractivity contribution is -0.300. The zero-order valence-electron chi connectivity index (χ0n) is 28.4. The van der Waals surface area contributed by atoms with Crippen LogP contribution in [0, 0.1) is 58.2 Å². The molecule has 3 saturated heterocycles. The van der Waals surface area contributed by atoms with Crippen molar-refractivity contribution in [3.05, 3.63) is 0 Å². The lowest BCUT2D eigenvalue weighted by Gasteiger charge is -2.65. The van der Waals surface area contributed by atoms with Gasteiger partial charge in [-0.25, -0.2) is 0 Å². The number of fused-ring (bicyclic) bond motifs is 7. The standard InChI is InChI=1S/C37H58O7/c1-23(28(38)14-15-33(2,3)44-32-10-8-9-17-39-32)25-11-12-26-24-21-37(40-18-19-41-37)31-20-29-30(43-34(4,5)42-29)22-36(31,7)27(24)13-16-35(25,26)6/h23-32,38H,8-13,16-22H2,1-7H3/t23-,24-,25+,26-,27-,28-,29-,30+,31?,32?,35+,36+/m0/s1. The van der Waals surface area contributed by atoms with Gasteiger partial charge in [-0.2, -0.15) is 0 Å². The van der Waals surface area contributed by atoms with Gasteiger partial charge in [0.2, 0.25) is 0 Å². The number of aliphatic hydroxyl groups excluding tert-OH is 1. The number of aliphatic hydroxyl groups is 1. The summed E-state index contributed by atoms with van der Waals surface area (Å²) in [6.07, 6.45) is 10.2. The van der Waals surface area contributed by atoms with Crippen molar-refractivity contribution in [2.24, 2.45) is 46.3 Å². The Balaban J connectivity index is 1.10. The van der Waals surface area contributed by atoms with E-state index in [9.17, 15) is 5.11 Å². The van der Waals surface area contributed by atoms with Gasteiger partial charge in [0.25, 0.3) is 0 Å². The Labute approximate surface area is 265 Å². The second kappa shape index (κ2) is 11.2. The van der Waals surface area contributed by atoms with Gasteiger partial charge >= 0.3 is 0 Å². The minimum Gasteiger partial charge on any atom is -0.380 e. The molecule has 1 N–H and O–H groups in total. The molecule has 3 aliphatic heterocycles. The van der Waals surface area contributed by atoms with E-state index in [1.807, 2.05) is 13.8 Å². The summed E-state index contributed by atoms with van der Waals surface area (Å²) in [6.45, 7) is 17.5. The van der Waals surface area contributed by atoms with E-state index in [2.05, 4.69) is 46.5 Å². The molecule has 0 aromatic carbocycles. The van der Waals surface area contributed by atoms with Gasteiger partial charge < -0.3 is 33.5 Å². The summed E-state index contributed by atoms with van der Waals surface area (Å²) >= 11 is 0. The summed E-state index contributed by atoms with van der Waals surface area (Å²) < 4.78 is 38.3. The molecule has 248 valence electrons. The summed E-state index contributed by atoms with van der Waals surface area (Å²) in [5.41, 5.74) is -0.406. The molecular weight excluding hydrogens is 556 g/mol. The van der Waals surface area contributed by atoms with Crippen molar-refractivity contribution < 1.29 is 33.5 Å². The Morgan fingerprint density at radius 1 is 0.864 bits per heavy atom. The molecule has 7 aliphatic rings. The molecule has 0 bridgehead atoms. The van der Waals surface area contributed by atoms with E-state index in [0.717, 1.165) is 51.6 Å². The van der Waals surface area contributed by atoms with Crippen LogP contribution in [0.4, 0.5) is 0 Å². The molecule has 1 spiro atoms. The van der Waals surface area contributed by atoms with Crippen molar-refractivity contribution in [3.63, 3.8) is 0 Å². The Morgan fingerprint density at radius 2 is 1.59 bits per heavy atom. The largest absolute Gasteiger partial charge is 0.380 e. The maximum absolute atomic E-state index is 11.5. The summed E-state index contributed by atoms with van der Waals surface area (Å²) in [5, 5.41) is 11.5. The van der Waals surface area contributed by atoms with Crippen LogP contribution in [0.15, 0.2) is 0 Å². The van der Waals surface area contributed by atoms with E-state index in [-0.39, 0.29) is 35.2 Å². The Morgan fingerprint density at radius 3 is 2.32 bits per heavy atom. The lowest BCUT2D eigenvalue weighted by Crippen LogP contribution is -2.65. The average molecular weight is 615 g/mol. The van der Waals surface area contributed by atoms with Crippen molar-refractivity contribution in [1.29, 1.82) is 0 Å². The highest BCUT2D eigenvalue weighted by Gasteiger charge is 2.70. The predicted octanol–water partition coefficient (Wildman–Crippen LogP) is 6.45. The first-order valence-corrected chi connectivity index (χ1v) is 17.9. The third-order valence-electron chi connectivity index (χ3n) is 13.6. The number of hydrogen-bond donors (Lipinski definition) is 1. The van der Waals surface area contributed by atoms with E-state index in [1.54, 1.807) is 0 Å². The summed E-state index contributed by atoms with van der Waals surface area (Å²) in [5.74, 6) is 8.06. The van der Waals surface area contributed by atoms with E-state index in [1.165, 1.54) is 19.3 Å². The van der Waals surface area contributed by atoms with Crippen molar-refractivity contribution >= 4 is 0 Å². The predicted molar refractivity (Wildman–Crippen MR) is 166 cm³/mol. The van der Waals surface area contributed by atoms with Crippen LogP contribution < -0.4 is 0 Å². The molecular formula is C37H58O7. The van der Waals surface area contributed by atoms with Gasteiger partial charge in [-0.05, 0) is 126 Å². The first-order valence-electron chi connectivity index (χ1n) is 17.9. The maximum Gasteiger partial charge on any atom is 0.172 e. The Hall–Kier alpha value is -0.720. The van der Waals surface area contributed by atoms with E-state index < -0.39 is 23.3 Å². The SMILES string of the molecule is C[C@@H]([C@H]1CC[C@H]2[C@@H]3CC4(OCCO4)C4C[C@@H]5OC(C)(C)O[C@@H]5C[C@]4(C)[C@H]3CC[C@]12C)[C@@H](O)C#CC(C)(C)OC1CCCCO1. The zero-order chi connectivity index (χ0) is 31.1. The van der Waals surface area contributed by atoms with Gasteiger partial charge in [0, 0.05) is 18.9 Å². The average Bonchev–Trinajstić information content (AvgIpc) is 3.65. The van der Waals surface area contributed by atoms with Crippen LogP contribution in [0.3, 0.4) is 0 Å². The zero-order valence-corrected chi connectivity index (χ0v) is 28.4. The van der Waals surface area contributed by atoms with Crippen molar-refractivity contribution in [1.82, 2.24) is 0 Å². The van der Waals surface area contributed by atoms with Crippen LogP contribution in [0.5, 0.6) is 0 Å².